The van der Waals surface area contributed by atoms with E-state index in [-0.39, 0.29) is 23.9 Å². The molecule has 0 radical (unpaired) electrons. The molecule has 9 heteroatoms. The van der Waals surface area contributed by atoms with Crippen LogP contribution in [0.2, 0.25) is 0 Å². The molecule has 4 heterocycles. The fourth-order valence-electron chi connectivity index (χ4n) is 5.14. The van der Waals surface area contributed by atoms with Crippen molar-refractivity contribution in [1.29, 1.82) is 0 Å². The maximum Gasteiger partial charge on any atom is 0.274 e. The number of carbonyl (C=O) groups is 2. The first-order valence-corrected chi connectivity index (χ1v) is 13.2. The minimum Gasteiger partial charge on any atom is -0.349 e. The molecule has 0 bridgehead atoms. The minimum atomic E-state index is -0.160. The fraction of sp³-hybridized carbons (Fsp3) is 0.360. The van der Waals surface area contributed by atoms with E-state index in [0.29, 0.717) is 23.9 Å². The van der Waals surface area contributed by atoms with Gasteiger partial charge in [-0.3, -0.25) is 14.0 Å². The third-order valence-corrected chi connectivity index (χ3v) is 8.79. The summed E-state index contributed by atoms with van der Waals surface area (Å²) in [4.78, 5) is 39.5. The summed E-state index contributed by atoms with van der Waals surface area (Å²) in [7, 11) is 0. The topological polar surface area (TPSA) is 79.6 Å². The van der Waals surface area contributed by atoms with E-state index in [4.69, 9.17) is 0 Å². The lowest BCUT2D eigenvalue weighted by atomic mass is 10.1. The molecular formula is C25H25N5O2S2. The molecule has 2 fully saturated rings. The Kier molecular flexibility index (Phi) is 5.07. The second kappa shape index (κ2) is 8.02. The average Bonchev–Trinajstić information content (AvgIpc) is 3.20. The number of hydrogen-bond donors (Lipinski definition) is 1. The lowest BCUT2D eigenvalue weighted by molar-refractivity contribution is 0.0684. The van der Waals surface area contributed by atoms with Crippen molar-refractivity contribution in [3.63, 3.8) is 0 Å². The van der Waals surface area contributed by atoms with Gasteiger partial charge in [0, 0.05) is 23.7 Å². The van der Waals surface area contributed by atoms with Crippen molar-refractivity contribution >= 4 is 39.4 Å². The normalized spacial score (nSPS) is 21.1. The van der Waals surface area contributed by atoms with E-state index in [1.807, 2.05) is 40.7 Å². The maximum absolute atomic E-state index is 13.8. The summed E-state index contributed by atoms with van der Waals surface area (Å²) >= 11 is 3.08. The number of piperidine rings is 1. The highest BCUT2D eigenvalue weighted by Gasteiger charge is 2.54. The van der Waals surface area contributed by atoms with Crippen molar-refractivity contribution in [2.75, 3.05) is 6.54 Å². The molecule has 1 saturated heterocycles. The predicted molar refractivity (Wildman–Crippen MR) is 134 cm³/mol. The Labute approximate surface area is 205 Å². The van der Waals surface area contributed by atoms with Gasteiger partial charge in [-0.05, 0) is 45.1 Å². The smallest absolute Gasteiger partial charge is 0.274 e. The number of amides is 2. The molecule has 3 atom stereocenters. The van der Waals surface area contributed by atoms with Crippen LogP contribution in [0, 0.1) is 26.7 Å². The molecule has 0 unspecified atom stereocenters. The van der Waals surface area contributed by atoms with Gasteiger partial charge in [0.25, 0.3) is 11.8 Å². The van der Waals surface area contributed by atoms with E-state index in [1.54, 1.807) is 17.5 Å². The first kappa shape index (κ1) is 21.5. The highest BCUT2D eigenvalue weighted by Crippen LogP contribution is 2.48. The van der Waals surface area contributed by atoms with Gasteiger partial charge >= 0.3 is 0 Å². The van der Waals surface area contributed by atoms with Crippen molar-refractivity contribution in [3.8, 4) is 10.4 Å². The van der Waals surface area contributed by atoms with Crippen LogP contribution < -0.4 is 5.32 Å². The number of thiazole rings is 2. The Hall–Kier alpha value is -3.04. The first-order valence-electron chi connectivity index (χ1n) is 11.5. The van der Waals surface area contributed by atoms with Gasteiger partial charge in [-0.15, -0.1) is 22.7 Å². The Bertz CT molecular complexity index is 1430. The fourth-order valence-corrected chi connectivity index (χ4v) is 6.89. The average molecular weight is 492 g/mol. The van der Waals surface area contributed by atoms with Gasteiger partial charge in [-0.1, -0.05) is 29.8 Å². The molecule has 2 aliphatic rings. The highest BCUT2D eigenvalue weighted by atomic mass is 32.1. The number of likely N-dealkylation sites (tertiary alicyclic amines) is 1. The van der Waals surface area contributed by atoms with E-state index in [0.717, 1.165) is 44.5 Å². The van der Waals surface area contributed by atoms with Crippen LogP contribution in [0.4, 0.5) is 0 Å². The molecule has 2 amide bonds. The molecule has 1 saturated carbocycles. The van der Waals surface area contributed by atoms with Crippen molar-refractivity contribution in [3.05, 3.63) is 63.5 Å². The van der Waals surface area contributed by atoms with Crippen molar-refractivity contribution in [2.24, 2.45) is 5.92 Å². The van der Waals surface area contributed by atoms with Crippen LogP contribution in [-0.2, 0) is 0 Å². The summed E-state index contributed by atoms with van der Waals surface area (Å²) < 4.78 is 1.88. The Morgan fingerprint density at radius 3 is 2.88 bits per heavy atom. The van der Waals surface area contributed by atoms with Crippen LogP contribution in [0.1, 0.15) is 50.1 Å². The molecule has 7 nitrogen and oxygen atoms in total. The zero-order chi connectivity index (χ0) is 23.6. The number of carbonyl (C=O) groups excluding carboxylic acids is 2. The monoisotopic (exact) mass is 491 g/mol. The van der Waals surface area contributed by atoms with E-state index in [1.165, 1.54) is 11.3 Å². The molecule has 3 aromatic heterocycles. The van der Waals surface area contributed by atoms with Gasteiger partial charge in [0.15, 0.2) is 4.96 Å². The molecule has 174 valence electrons. The van der Waals surface area contributed by atoms with Crippen LogP contribution in [-0.4, -0.2) is 49.7 Å². The number of nitrogens with zero attached hydrogens (tertiary/aromatic N) is 4. The number of aromatic nitrogens is 3. The molecule has 34 heavy (non-hydrogen) atoms. The van der Waals surface area contributed by atoms with Gasteiger partial charge in [0.1, 0.15) is 11.4 Å². The number of rotatable bonds is 5. The van der Waals surface area contributed by atoms with Crippen LogP contribution in [0.3, 0.4) is 0 Å². The lowest BCUT2D eigenvalue weighted by Crippen LogP contribution is -2.45. The van der Waals surface area contributed by atoms with Crippen LogP contribution in [0.5, 0.6) is 0 Å². The first-order chi connectivity index (χ1) is 16.4. The molecule has 1 aliphatic carbocycles. The van der Waals surface area contributed by atoms with Gasteiger partial charge < -0.3 is 10.2 Å². The van der Waals surface area contributed by atoms with Gasteiger partial charge in [-0.2, -0.15) is 0 Å². The van der Waals surface area contributed by atoms with E-state index < -0.39 is 0 Å². The van der Waals surface area contributed by atoms with Crippen LogP contribution in [0.25, 0.3) is 15.4 Å². The molecule has 1 N–H and O–H groups in total. The minimum absolute atomic E-state index is 0.0227. The molecule has 1 aromatic carbocycles. The largest absolute Gasteiger partial charge is 0.349 e. The predicted octanol–water partition coefficient (Wildman–Crippen LogP) is 4.48. The summed E-state index contributed by atoms with van der Waals surface area (Å²) in [6, 6.07) is 8.43. The third-order valence-electron chi connectivity index (χ3n) is 6.81. The van der Waals surface area contributed by atoms with Crippen LogP contribution >= 0.6 is 22.7 Å². The SMILES string of the molecule is Cc1cccc(-c2sc(C)nc2C(=O)N2[C@H](CNC(=O)c3cnc4scc(C)n34)C[C@@H]3C[C@@H]32)c1. The Morgan fingerprint density at radius 1 is 1.21 bits per heavy atom. The number of aryl methyl sites for hydroxylation is 3. The van der Waals surface area contributed by atoms with Gasteiger partial charge in [0.05, 0.1) is 22.1 Å². The van der Waals surface area contributed by atoms with Gasteiger partial charge in [-0.25, -0.2) is 9.97 Å². The number of imidazole rings is 1. The standard InChI is InChI=1S/C25H25N5O2S2/c1-13-5-4-6-16(7-13)22-21(28-15(3)34-22)24(32)30-18(8-17-9-19(17)30)10-26-23(31)20-11-27-25-29(20)14(2)12-33-25/h4-7,11-12,17-19H,8-10H2,1-3H3,(H,26,31)/t17-,18+,19+/m1/s1. The molecular weight excluding hydrogens is 466 g/mol. The third kappa shape index (κ3) is 3.54. The molecule has 4 aromatic rings. The van der Waals surface area contributed by atoms with Crippen molar-refractivity contribution in [2.45, 2.75) is 45.7 Å². The summed E-state index contributed by atoms with van der Waals surface area (Å²) in [6.07, 6.45) is 3.57. The molecule has 6 rings (SSSR count). The quantitative estimate of drug-likeness (QED) is 0.447. The van der Waals surface area contributed by atoms with Crippen molar-refractivity contribution in [1.82, 2.24) is 24.6 Å². The Balaban J connectivity index is 1.23. The van der Waals surface area contributed by atoms with Gasteiger partial charge in [0.2, 0.25) is 0 Å². The second-order valence-electron chi connectivity index (χ2n) is 9.29. The summed E-state index contributed by atoms with van der Waals surface area (Å²) in [5.74, 6) is 0.339. The number of nitrogens with one attached hydrogen (secondary N) is 1. The number of benzene rings is 1. The lowest BCUT2D eigenvalue weighted by Gasteiger charge is -2.27. The maximum atomic E-state index is 13.8. The zero-order valence-electron chi connectivity index (χ0n) is 19.2. The van der Waals surface area contributed by atoms with E-state index in [2.05, 4.69) is 34.3 Å². The Morgan fingerprint density at radius 2 is 2.06 bits per heavy atom. The second-order valence-corrected chi connectivity index (χ2v) is 11.3. The number of hydrogen-bond acceptors (Lipinski definition) is 6. The van der Waals surface area contributed by atoms with Crippen molar-refractivity contribution < 1.29 is 9.59 Å². The zero-order valence-corrected chi connectivity index (χ0v) is 20.9. The summed E-state index contributed by atoms with van der Waals surface area (Å²) in [5, 5.41) is 5.94. The van der Waals surface area contributed by atoms with E-state index in [9.17, 15) is 9.59 Å². The van der Waals surface area contributed by atoms with Crippen LogP contribution in [0.15, 0.2) is 35.8 Å². The summed E-state index contributed by atoms with van der Waals surface area (Å²) in [5.41, 5.74) is 4.24. The molecule has 1 aliphatic heterocycles. The highest BCUT2D eigenvalue weighted by molar-refractivity contribution is 7.15. The summed E-state index contributed by atoms with van der Waals surface area (Å²) in [6.45, 7) is 6.39. The molecule has 0 spiro atoms. The van der Waals surface area contributed by atoms with E-state index >= 15 is 0 Å². The number of fused-ring (bicyclic) bond motifs is 2.